The first kappa shape index (κ1) is 17.5. The Morgan fingerprint density at radius 2 is 1.86 bits per heavy atom. The number of halogens is 1. The van der Waals surface area contributed by atoms with Gasteiger partial charge in [0.05, 0.1) is 6.10 Å². The molecule has 128 valence electrons. The highest BCUT2D eigenvalue weighted by Crippen LogP contribution is 2.27. The number of nitrogens with one attached hydrogen (secondary N) is 1. The summed E-state index contributed by atoms with van der Waals surface area (Å²) in [6.45, 7) is 6.87. The van der Waals surface area contributed by atoms with Gasteiger partial charge in [0.25, 0.3) is 0 Å². The van der Waals surface area contributed by atoms with Gasteiger partial charge in [-0.1, -0.05) is 0 Å². The standard InChI is InChI=1S/C16H29FN2O3/c1-16(2,3)22-15(21)18-13-5-4-12(20)10-14(13)19-8-6-11(17)7-9-19/h11-14,20H,4-10H2,1-3H3,(H,18,21). The second kappa shape index (κ2) is 7.13. The number of ether oxygens (including phenoxy) is 1. The van der Waals surface area contributed by atoms with E-state index in [-0.39, 0.29) is 18.2 Å². The van der Waals surface area contributed by atoms with Gasteiger partial charge >= 0.3 is 6.09 Å². The number of aliphatic hydroxyl groups excluding tert-OH is 1. The zero-order valence-corrected chi connectivity index (χ0v) is 13.8. The molecule has 6 heteroatoms. The third-order valence-electron chi connectivity index (χ3n) is 4.42. The molecule has 0 aromatic rings. The number of nitrogens with zero attached hydrogens (tertiary/aromatic N) is 1. The number of hydrogen-bond donors (Lipinski definition) is 2. The molecule has 3 atom stereocenters. The Morgan fingerprint density at radius 1 is 1.23 bits per heavy atom. The van der Waals surface area contributed by atoms with Crippen molar-refractivity contribution in [3.63, 3.8) is 0 Å². The summed E-state index contributed by atoms with van der Waals surface area (Å²) in [4.78, 5) is 14.2. The van der Waals surface area contributed by atoms with Crippen molar-refractivity contribution in [3.8, 4) is 0 Å². The lowest BCUT2D eigenvalue weighted by atomic mass is 9.86. The zero-order valence-electron chi connectivity index (χ0n) is 13.8. The maximum Gasteiger partial charge on any atom is 0.407 e. The van der Waals surface area contributed by atoms with Crippen molar-refractivity contribution in [2.24, 2.45) is 0 Å². The number of alkyl carbamates (subject to hydrolysis) is 1. The lowest BCUT2D eigenvalue weighted by Gasteiger charge is -2.43. The Balaban J connectivity index is 1.96. The smallest absolute Gasteiger partial charge is 0.407 e. The molecular weight excluding hydrogens is 287 g/mol. The van der Waals surface area contributed by atoms with Gasteiger partial charge < -0.3 is 15.2 Å². The van der Waals surface area contributed by atoms with Crippen LogP contribution in [0.2, 0.25) is 0 Å². The summed E-state index contributed by atoms with van der Waals surface area (Å²) in [6.07, 6.45) is 1.61. The van der Waals surface area contributed by atoms with Crippen LogP contribution in [0.3, 0.4) is 0 Å². The lowest BCUT2D eigenvalue weighted by molar-refractivity contribution is 0.0109. The number of hydrogen-bond acceptors (Lipinski definition) is 4. The van der Waals surface area contributed by atoms with E-state index in [1.54, 1.807) is 0 Å². The molecule has 2 aliphatic rings. The van der Waals surface area contributed by atoms with Gasteiger partial charge in [-0.05, 0) is 52.9 Å². The van der Waals surface area contributed by atoms with E-state index >= 15 is 0 Å². The number of carbonyl (C=O) groups is 1. The minimum absolute atomic E-state index is 0.0468. The van der Waals surface area contributed by atoms with Gasteiger partial charge in [-0.25, -0.2) is 9.18 Å². The topological polar surface area (TPSA) is 61.8 Å². The summed E-state index contributed by atoms with van der Waals surface area (Å²) in [5.41, 5.74) is -0.527. The van der Waals surface area contributed by atoms with Crippen LogP contribution >= 0.6 is 0 Å². The first-order valence-corrected chi connectivity index (χ1v) is 8.30. The number of amides is 1. The first-order valence-electron chi connectivity index (χ1n) is 8.30. The molecule has 1 saturated carbocycles. The average Bonchev–Trinajstić information content (AvgIpc) is 2.40. The summed E-state index contributed by atoms with van der Waals surface area (Å²) in [6, 6.07) is 0.0122. The molecule has 1 amide bonds. The maximum atomic E-state index is 13.3. The summed E-state index contributed by atoms with van der Waals surface area (Å²) in [7, 11) is 0. The number of rotatable bonds is 2. The number of carbonyl (C=O) groups excluding carboxylic acids is 1. The number of aliphatic hydroxyl groups is 1. The fourth-order valence-corrected chi connectivity index (χ4v) is 3.36. The number of piperidine rings is 1. The minimum Gasteiger partial charge on any atom is -0.444 e. The van der Waals surface area contributed by atoms with Crippen molar-refractivity contribution in [1.29, 1.82) is 0 Å². The van der Waals surface area contributed by atoms with E-state index in [1.165, 1.54) is 0 Å². The molecule has 22 heavy (non-hydrogen) atoms. The molecular formula is C16H29FN2O3. The molecule has 0 aromatic carbocycles. The van der Waals surface area contributed by atoms with E-state index in [9.17, 15) is 14.3 Å². The van der Waals surface area contributed by atoms with Crippen LogP contribution in [-0.4, -0.2) is 59.1 Å². The number of alkyl halides is 1. The van der Waals surface area contributed by atoms with Crippen LogP contribution in [0.5, 0.6) is 0 Å². The molecule has 0 aromatic heterocycles. The highest BCUT2D eigenvalue weighted by atomic mass is 19.1. The van der Waals surface area contributed by atoms with Gasteiger partial charge in [0.15, 0.2) is 0 Å². The zero-order chi connectivity index (χ0) is 16.3. The molecule has 2 fully saturated rings. The van der Waals surface area contributed by atoms with Gasteiger partial charge in [0.1, 0.15) is 11.8 Å². The SMILES string of the molecule is CC(C)(C)OC(=O)NC1CCC(O)CC1N1CCC(F)CC1. The Labute approximate surface area is 132 Å². The lowest BCUT2D eigenvalue weighted by Crippen LogP contribution is -2.57. The molecule has 0 bridgehead atoms. The normalized spacial score (nSPS) is 31.8. The van der Waals surface area contributed by atoms with Crippen LogP contribution in [-0.2, 0) is 4.74 Å². The third kappa shape index (κ3) is 5.09. The van der Waals surface area contributed by atoms with E-state index in [0.717, 1.165) is 6.42 Å². The van der Waals surface area contributed by atoms with E-state index in [2.05, 4.69) is 10.2 Å². The van der Waals surface area contributed by atoms with Crippen LogP contribution in [0.15, 0.2) is 0 Å². The van der Waals surface area contributed by atoms with Gasteiger partial charge in [0, 0.05) is 25.2 Å². The average molecular weight is 316 g/mol. The largest absolute Gasteiger partial charge is 0.444 e. The van der Waals surface area contributed by atoms with Gasteiger partial charge in [0.2, 0.25) is 0 Å². The van der Waals surface area contributed by atoms with Crippen LogP contribution in [0, 0.1) is 0 Å². The van der Waals surface area contributed by atoms with Crippen LogP contribution in [0.25, 0.3) is 0 Å². The Kier molecular flexibility index (Phi) is 5.66. The fraction of sp³-hybridized carbons (Fsp3) is 0.938. The second-order valence-corrected chi connectivity index (χ2v) is 7.50. The third-order valence-corrected chi connectivity index (χ3v) is 4.42. The number of likely N-dealkylation sites (tertiary alicyclic amines) is 1. The highest BCUT2D eigenvalue weighted by molar-refractivity contribution is 5.68. The minimum atomic E-state index is -0.720. The molecule has 1 aliphatic carbocycles. The summed E-state index contributed by atoms with van der Waals surface area (Å²) >= 11 is 0. The molecule has 0 radical (unpaired) electrons. The Bertz CT molecular complexity index is 378. The van der Waals surface area contributed by atoms with Crippen molar-refractivity contribution in [2.45, 2.75) is 82.8 Å². The summed E-state index contributed by atoms with van der Waals surface area (Å²) in [5.74, 6) is 0. The summed E-state index contributed by atoms with van der Waals surface area (Å²) in [5, 5.41) is 12.9. The molecule has 1 aliphatic heterocycles. The maximum absolute atomic E-state index is 13.3. The predicted octanol–water partition coefficient (Wildman–Crippen LogP) is 2.23. The Hall–Kier alpha value is -0.880. The van der Waals surface area contributed by atoms with Crippen LogP contribution in [0.4, 0.5) is 9.18 Å². The van der Waals surface area contributed by atoms with Crippen LogP contribution in [0.1, 0.15) is 52.9 Å². The van der Waals surface area contributed by atoms with Crippen molar-refractivity contribution >= 4 is 6.09 Å². The monoisotopic (exact) mass is 316 g/mol. The van der Waals surface area contributed by atoms with Crippen LogP contribution < -0.4 is 5.32 Å². The van der Waals surface area contributed by atoms with Crippen molar-refractivity contribution in [2.75, 3.05) is 13.1 Å². The summed E-state index contributed by atoms with van der Waals surface area (Å²) < 4.78 is 18.7. The predicted molar refractivity (Wildman–Crippen MR) is 82.5 cm³/mol. The van der Waals surface area contributed by atoms with Crippen molar-refractivity contribution in [1.82, 2.24) is 10.2 Å². The van der Waals surface area contributed by atoms with Gasteiger partial charge in [-0.2, -0.15) is 0 Å². The fourth-order valence-electron chi connectivity index (χ4n) is 3.36. The molecule has 3 unspecified atom stereocenters. The highest BCUT2D eigenvalue weighted by Gasteiger charge is 2.36. The van der Waals surface area contributed by atoms with Crippen molar-refractivity contribution < 1.29 is 19.0 Å². The molecule has 2 rings (SSSR count). The molecule has 0 spiro atoms. The first-order chi connectivity index (χ1) is 10.2. The van der Waals surface area contributed by atoms with E-state index in [4.69, 9.17) is 4.74 Å². The molecule has 1 saturated heterocycles. The van der Waals surface area contributed by atoms with Crippen molar-refractivity contribution in [3.05, 3.63) is 0 Å². The van der Waals surface area contributed by atoms with E-state index in [1.807, 2.05) is 20.8 Å². The second-order valence-electron chi connectivity index (χ2n) is 7.50. The van der Waals surface area contributed by atoms with Gasteiger partial charge in [-0.3, -0.25) is 4.90 Å². The van der Waals surface area contributed by atoms with Gasteiger partial charge in [-0.15, -0.1) is 0 Å². The Morgan fingerprint density at radius 3 is 2.45 bits per heavy atom. The molecule has 1 heterocycles. The molecule has 5 nitrogen and oxygen atoms in total. The van der Waals surface area contributed by atoms with E-state index in [0.29, 0.717) is 38.8 Å². The van der Waals surface area contributed by atoms with E-state index < -0.39 is 17.9 Å². The quantitative estimate of drug-likeness (QED) is 0.820. The molecule has 2 N–H and O–H groups in total.